The van der Waals surface area contributed by atoms with Crippen LogP contribution >= 0.6 is 15.9 Å². The summed E-state index contributed by atoms with van der Waals surface area (Å²) in [7, 11) is 0. The Morgan fingerprint density at radius 2 is 2.21 bits per heavy atom. The highest BCUT2D eigenvalue weighted by Gasteiger charge is 2.21. The molecule has 1 aromatic carbocycles. The molecule has 1 aliphatic rings. The van der Waals surface area contributed by atoms with Crippen LogP contribution < -0.4 is 0 Å². The maximum atomic E-state index is 10.6. The number of aliphatic carboxylic acids is 1. The maximum Gasteiger partial charge on any atom is 0.303 e. The molecule has 0 saturated carbocycles. The van der Waals surface area contributed by atoms with Gasteiger partial charge in [-0.05, 0) is 43.4 Å². The van der Waals surface area contributed by atoms with E-state index in [0.717, 1.165) is 40.6 Å². The largest absolute Gasteiger partial charge is 0.481 e. The zero-order valence-corrected chi connectivity index (χ0v) is 12.1. The summed E-state index contributed by atoms with van der Waals surface area (Å²) in [4.78, 5) is 10.6. The fourth-order valence-electron chi connectivity index (χ4n) is 2.85. The Labute approximate surface area is 119 Å². The minimum absolute atomic E-state index is 0.203. The van der Waals surface area contributed by atoms with Gasteiger partial charge in [0.25, 0.3) is 0 Å². The number of fused-ring (bicyclic) bond motifs is 3. The van der Waals surface area contributed by atoms with Crippen LogP contribution in [0.1, 0.15) is 36.1 Å². The number of hydrogen-bond donors (Lipinski definition) is 1. The van der Waals surface area contributed by atoms with Gasteiger partial charge in [-0.25, -0.2) is 0 Å². The number of aryl methyl sites for hydroxylation is 3. The Balaban J connectivity index is 1.97. The quantitative estimate of drug-likeness (QED) is 0.922. The highest BCUT2D eigenvalue weighted by Crippen LogP contribution is 2.36. The molecule has 2 aromatic rings. The molecule has 4 heteroatoms. The summed E-state index contributed by atoms with van der Waals surface area (Å²) in [6.07, 6.45) is 4.88. The van der Waals surface area contributed by atoms with Gasteiger partial charge < -0.3 is 9.52 Å². The first-order chi connectivity index (χ1) is 9.15. The van der Waals surface area contributed by atoms with E-state index in [0.29, 0.717) is 6.42 Å². The molecular formula is C15H15BrO3. The fraction of sp³-hybridized carbons (Fsp3) is 0.400. The number of hydrogen-bond acceptors (Lipinski definition) is 2. The molecule has 0 spiro atoms. The molecule has 3 nitrogen and oxygen atoms in total. The lowest BCUT2D eigenvalue weighted by atomic mass is 10.0. The molecule has 100 valence electrons. The lowest BCUT2D eigenvalue weighted by molar-refractivity contribution is -0.137. The third kappa shape index (κ3) is 2.41. The number of furan rings is 1. The van der Waals surface area contributed by atoms with Crippen LogP contribution in [-0.4, -0.2) is 11.1 Å². The molecule has 0 aliphatic heterocycles. The van der Waals surface area contributed by atoms with Crippen LogP contribution in [0.25, 0.3) is 11.0 Å². The van der Waals surface area contributed by atoms with E-state index in [1.165, 1.54) is 17.4 Å². The van der Waals surface area contributed by atoms with Gasteiger partial charge in [-0.15, -0.1) is 0 Å². The van der Waals surface area contributed by atoms with Crippen molar-refractivity contribution in [1.82, 2.24) is 0 Å². The van der Waals surface area contributed by atoms with E-state index in [1.54, 1.807) is 0 Å². The molecule has 0 bridgehead atoms. The summed E-state index contributed by atoms with van der Waals surface area (Å²) in [6.45, 7) is 0. The van der Waals surface area contributed by atoms with Gasteiger partial charge in [0.2, 0.25) is 0 Å². The Morgan fingerprint density at radius 1 is 1.37 bits per heavy atom. The molecule has 1 aliphatic carbocycles. The molecule has 0 amide bonds. The van der Waals surface area contributed by atoms with E-state index < -0.39 is 5.97 Å². The lowest BCUT2D eigenvalue weighted by Crippen LogP contribution is -1.96. The molecule has 0 unspecified atom stereocenters. The van der Waals surface area contributed by atoms with Crippen molar-refractivity contribution >= 4 is 32.9 Å². The topological polar surface area (TPSA) is 50.4 Å². The van der Waals surface area contributed by atoms with Crippen molar-refractivity contribution in [2.45, 2.75) is 38.5 Å². The van der Waals surface area contributed by atoms with Crippen LogP contribution in [0.4, 0.5) is 0 Å². The molecular weight excluding hydrogens is 308 g/mol. The van der Waals surface area contributed by atoms with Gasteiger partial charge in [0.15, 0.2) is 0 Å². The van der Waals surface area contributed by atoms with Crippen molar-refractivity contribution in [2.24, 2.45) is 0 Å². The summed E-state index contributed by atoms with van der Waals surface area (Å²) < 4.78 is 7.03. The van der Waals surface area contributed by atoms with E-state index in [9.17, 15) is 4.79 Å². The van der Waals surface area contributed by atoms with E-state index in [-0.39, 0.29) is 6.42 Å². The second-order valence-electron chi connectivity index (χ2n) is 5.05. The van der Waals surface area contributed by atoms with Crippen LogP contribution in [0.5, 0.6) is 0 Å². The van der Waals surface area contributed by atoms with Crippen molar-refractivity contribution in [3.8, 4) is 0 Å². The van der Waals surface area contributed by atoms with Gasteiger partial charge in [0.05, 0.1) is 0 Å². The summed E-state index contributed by atoms with van der Waals surface area (Å²) >= 11 is 3.54. The van der Waals surface area contributed by atoms with Crippen LogP contribution in [-0.2, 0) is 24.1 Å². The van der Waals surface area contributed by atoms with Gasteiger partial charge >= 0.3 is 5.97 Å². The van der Waals surface area contributed by atoms with Gasteiger partial charge in [0, 0.05) is 28.3 Å². The van der Waals surface area contributed by atoms with Crippen LogP contribution in [0, 0.1) is 0 Å². The van der Waals surface area contributed by atoms with Crippen molar-refractivity contribution < 1.29 is 14.3 Å². The highest BCUT2D eigenvalue weighted by molar-refractivity contribution is 9.10. The Kier molecular flexibility index (Phi) is 3.35. The smallest absolute Gasteiger partial charge is 0.303 e. The van der Waals surface area contributed by atoms with Gasteiger partial charge in [-0.1, -0.05) is 15.9 Å². The predicted octanol–water partition coefficient (Wildman–Crippen LogP) is 4.09. The number of carboxylic acids is 1. The van der Waals surface area contributed by atoms with Gasteiger partial charge in [0.1, 0.15) is 11.3 Å². The zero-order chi connectivity index (χ0) is 13.4. The van der Waals surface area contributed by atoms with Crippen molar-refractivity contribution in [2.75, 3.05) is 0 Å². The first-order valence-electron chi connectivity index (χ1n) is 6.59. The summed E-state index contributed by atoms with van der Waals surface area (Å²) in [5.41, 5.74) is 3.41. The van der Waals surface area contributed by atoms with Crippen molar-refractivity contribution in [3.63, 3.8) is 0 Å². The molecule has 1 heterocycles. The van der Waals surface area contributed by atoms with Crippen molar-refractivity contribution in [1.29, 1.82) is 0 Å². The third-order valence-electron chi connectivity index (χ3n) is 3.68. The second-order valence-corrected chi connectivity index (χ2v) is 5.96. The second kappa shape index (κ2) is 5.00. The zero-order valence-electron chi connectivity index (χ0n) is 10.5. The molecule has 0 fully saturated rings. The first kappa shape index (κ1) is 12.7. The molecule has 1 aromatic heterocycles. The molecule has 0 atom stereocenters. The number of rotatable bonds is 4. The van der Waals surface area contributed by atoms with Crippen LogP contribution in [0.3, 0.4) is 0 Å². The summed E-state index contributed by atoms with van der Waals surface area (Å²) in [5, 5.41) is 9.92. The van der Waals surface area contributed by atoms with E-state index in [1.807, 2.05) is 6.07 Å². The Bertz CT molecular complexity index is 642. The monoisotopic (exact) mass is 322 g/mol. The van der Waals surface area contributed by atoms with Gasteiger partial charge in [-0.3, -0.25) is 4.79 Å². The lowest BCUT2D eigenvalue weighted by Gasteiger charge is -2.03. The minimum Gasteiger partial charge on any atom is -0.481 e. The standard InChI is InChI=1S/C15H15BrO3/c16-10-7-9(3-1-6-14(17)18)15-12(8-10)11-4-2-5-13(11)19-15/h7-8H,1-6H2,(H,17,18). The predicted molar refractivity (Wildman–Crippen MR) is 76.5 cm³/mol. The third-order valence-corrected chi connectivity index (χ3v) is 4.14. The number of carboxylic acid groups (broad SMARTS) is 1. The van der Waals surface area contributed by atoms with Gasteiger partial charge in [-0.2, -0.15) is 0 Å². The maximum absolute atomic E-state index is 10.6. The average molecular weight is 323 g/mol. The fourth-order valence-corrected chi connectivity index (χ4v) is 3.35. The van der Waals surface area contributed by atoms with Crippen molar-refractivity contribution in [3.05, 3.63) is 33.5 Å². The normalized spacial score (nSPS) is 13.9. The first-order valence-corrected chi connectivity index (χ1v) is 7.39. The van der Waals surface area contributed by atoms with E-state index >= 15 is 0 Å². The summed E-state index contributed by atoms with van der Waals surface area (Å²) in [5.74, 6) is 0.376. The van der Waals surface area contributed by atoms with Crippen LogP contribution in [0.2, 0.25) is 0 Å². The number of halogens is 1. The molecule has 1 N–H and O–H groups in total. The highest BCUT2D eigenvalue weighted by atomic mass is 79.9. The number of benzene rings is 1. The SMILES string of the molecule is O=C(O)CCCc1cc(Br)cc2c3c(oc12)CCC3. The van der Waals surface area contributed by atoms with E-state index in [4.69, 9.17) is 9.52 Å². The molecule has 3 rings (SSSR count). The minimum atomic E-state index is -0.742. The number of carbonyl (C=O) groups is 1. The molecule has 19 heavy (non-hydrogen) atoms. The average Bonchev–Trinajstić information content (AvgIpc) is 2.90. The Morgan fingerprint density at radius 3 is 3.00 bits per heavy atom. The van der Waals surface area contributed by atoms with E-state index in [2.05, 4.69) is 22.0 Å². The Hall–Kier alpha value is -1.29. The molecule has 0 radical (unpaired) electrons. The molecule has 0 saturated heterocycles. The van der Waals surface area contributed by atoms with Crippen LogP contribution in [0.15, 0.2) is 21.0 Å². The summed E-state index contributed by atoms with van der Waals surface area (Å²) in [6, 6.07) is 4.16.